The quantitative estimate of drug-likeness (QED) is 0.155. The zero-order chi connectivity index (χ0) is 43.6. The molecule has 1 heteroatoms. The maximum Gasteiger partial charge on any atom is 0.0726 e. The molecule has 0 saturated carbocycles. The minimum atomic E-state index is -0.477. The highest BCUT2D eigenvalue weighted by Crippen LogP contribution is 2.63. The van der Waals surface area contributed by atoms with Gasteiger partial charge < -0.3 is 4.90 Å². The average molecular weight is 838 g/mol. The minimum Gasteiger partial charge on any atom is -0.310 e. The van der Waals surface area contributed by atoms with Crippen LogP contribution < -0.4 is 4.90 Å². The first-order valence-corrected chi connectivity index (χ1v) is 22.9. The van der Waals surface area contributed by atoms with Crippen LogP contribution in [-0.2, 0) is 5.41 Å². The second-order valence-corrected chi connectivity index (χ2v) is 17.5. The Morgan fingerprint density at radius 3 is 1.35 bits per heavy atom. The zero-order valence-electron chi connectivity index (χ0n) is 36.3. The van der Waals surface area contributed by atoms with Crippen LogP contribution in [0, 0.1) is 0 Å². The van der Waals surface area contributed by atoms with E-state index in [9.17, 15) is 0 Å². The standard InChI is InChI=1S/C65H43N/c1-3-19-46(20-4-1)52-24-9-10-28-58(52)64-53(47-21-5-2-6-22-47)29-17-33-63(64)66(50-38-36-45(37-39-50)49-35-34-44-18-7-8-23-48(44)42-49)51-40-41-57-56-27-13-16-32-61(56)65(62(57)43-51)59-30-14-11-25-54(59)55-26-12-15-31-60(55)65/h1-43H. The summed E-state index contributed by atoms with van der Waals surface area (Å²) in [6.45, 7) is 0. The third kappa shape index (κ3) is 5.80. The van der Waals surface area contributed by atoms with Gasteiger partial charge in [0.1, 0.15) is 0 Å². The first-order chi connectivity index (χ1) is 32.8. The van der Waals surface area contributed by atoms with Crippen molar-refractivity contribution >= 4 is 27.8 Å². The van der Waals surface area contributed by atoms with Gasteiger partial charge in [0.2, 0.25) is 0 Å². The molecule has 0 fully saturated rings. The number of anilines is 3. The fourth-order valence-electron chi connectivity index (χ4n) is 11.3. The van der Waals surface area contributed by atoms with Crippen molar-refractivity contribution in [2.45, 2.75) is 5.41 Å². The molecule has 1 spiro atoms. The van der Waals surface area contributed by atoms with E-state index in [-0.39, 0.29) is 0 Å². The third-order valence-electron chi connectivity index (χ3n) is 14.1. The van der Waals surface area contributed by atoms with E-state index in [4.69, 9.17) is 0 Å². The van der Waals surface area contributed by atoms with E-state index >= 15 is 0 Å². The Kier molecular flexibility index (Phi) is 8.82. The summed E-state index contributed by atoms with van der Waals surface area (Å²) < 4.78 is 0. The summed E-state index contributed by atoms with van der Waals surface area (Å²) in [5, 5.41) is 2.48. The summed E-state index contributed by atoms with van der Waals surface area (Å²) in [6.07, 6.45) is 0. The summed E-state index contributed by atoms with van der Waals surface area (Å²) in [7, 11) is 0. The van der Waals surface area contributed by atoms with E-state index in [0.29, 0.717) is 0 Å². The van der Waals surface area contributed by atoms with Gasteiger partial charge in [-0.15, -0.1) is 0 Å². The lowest BCUT2D eigenvalue weighted by Gasteiger charge is -2.33. The highest BCUT2D eigenvalue weighted by molar-refractivity contribution is 6.02. The summed E-state index contributed by atoms with van der Waals surface area (Å²) in [5.74, 6) is 0. The van der Waals surface area contributed by atoms with Crippen molar-refractivity contribution in [3.05, 3.63) is 283 Å². The van der Waals surface area contributed by atoms with Crippen LogP contribution in [0.2, 0.25) is 0 Å². The molecule has 0 bridgehead atoms. The number of nitrogens with zero attached hydrogens (tertiary/aromatic N) is 1. The van der Waals surface area contributed by atoms with Crippen molar-refractivity contribution in [2.24, 2.45) is 0 Å². The molecule has 308 valence electrons. The molecule has 0 aromatic heterocycles. The molecule has 0 radical (unpaired) electrons. The molecule has 0 aliphatic heterocycles. The van der Waals surface area contributed by atoms with Crippen molar-refractivity contribution in [1.82, 2.24) is 0 Å². The van der Waals surface area contributed by atoms with E-state index in [1.54, 1.807) is 0 Å². The number of benzene rings is 11. The maximum absolute atomic E-state index is 2.51. The minimum absolute atomic E-state index is 0.477. The van der Waals surface area contributed by atoms with E-state index < -0.39 is 5.41 Å². The molecule has 1 nitrogen and oxygen atoms in total. The molecule has 11 aromatic carbocycles. The van der Waals surface area contributed by atoms with Crippen molar-refractivity contribution in [2.75, 3.05) is 4.90 Å². The SMILES string of the molecule is c1ccc(-c2ccccc2-c2c(-c3ccccc3)cccc2N(c2ccc(-c3ccc4ccccc4c3)cc2)c2ccc3c(c2)C2(c4ccccc4-c4ccccc42)c2ccccc2-3)cc1. The van der Waals surface area contributed by atoms with Gasteiger partial charge >= 0.3 is 0 Å². The van der Waals surface area contributed by atoms with E-state index in [1.807, 2.05) is 0 Å². The highest BCUT2D eigenvalue weighted by atomic mass is 15.1. The second-order valence-electron chi connectivity index (χ2n) is 17.5. The van der Waals surface area contributed by atoms with Gasteiger partial charge in [0, 0.05) is 16.9 Å². The summed E-state index contributed by atoms with van der Waals surface area (Å²) in [4.78, 5) is 2.51. The average Bonchev–Trinajstić information content (AvgIpc) is 3.86. The maximum atomic E-state index is 2.51. The predicted octanol–water partition coefficient (Wildman–Crippen LogP) is 17.3. The number of fused-ring (bicyclic) bond motifs is 11. The summed E-state index contributed by atoms with van der Waals surface area (Å²) >= 11 is 0. The summed E-state index contributed by atoms with van der Waals surface area (Å²) in [6, 6.07) is 96.5. The van der Waals surface area contributed by atoms with Crippen LogP contribution in [0.15, 0.2) is 261 Å². The van der Waals surface area contributed by atoms with Crippen LogP contribution in [0.1, 0.15) is 22.3 Å². The van der Waals surface area contributed by atoms with Gasteiger partial charge in [-0.25, -0.2) is 0 Å². The van der Waals surface area contributed by atoms with Crippen LogP contribution in [0.5, 0.6) is 0 Å². The van der Waals surface area contributed by atoms with Crippen LogP contribution in [0.4, 0.5) is 17.1 Å². The number of hydrogen-bond acceptors (Lipinski definition) is 1. The second kappa shape index (κ2) is 15.3. The Labute approximate surface area is 386 Å². The van der Waals surface area contributed by atoms with Crippen LogP contribution >= 0.6 is 0 Å². The number of rotatable bonds is 7. The lowest BCUT2D eigenvalue weighted by atomic mass is 9.70. The van der Waals surface area contributed by atoms with Crippen LogP contribution in [-0.4, -0.2) is 0 Å². The Bertz CT molecular complexity index is 3580. The molecule has 11 aromatic rings. The zero-order valence-corrected chi connectivity index (χ0v) is 36.3. The first-order valence-electron chi connectivity index (χ1n) is 22.9. The lowest BCUT2D eigenvalue weighted by molar-refractivity contribution is 0.793. The topological polar surface area (TPSA) is 3.24 Å². The molecule has 66 heavy (non-hydrogen) atoms. The third-order valence-corrected chi connectivity index (χ3v) is 14.1. The molecule has 2 aliphatic rings. The smallest absolute Gasteiger partial charge is 0.0726 e. The predicted molar refractivity (Wildman–Crippen MR) is 277 cm³/mol. The van der Waals surface area contributed by atoms with Crippen molar-refractivity contribution in [3.8, 4) is 66.8 Å². The molecule has 0 atom stereocenters. The molecule has 0 heterocycles. The Morgan fingerprint density at radius 2 is 0.712 bits per heavy atom. The van der Waals surface area contributed by atoms with E-state index in [1.165, 1.54) is 99.8 Å². The largest absolute Gasteiger partial charge is 0.310 e. The van der Waals surface area contributed by atoms with Gasteiger partial charge in [-0.1, -0.05) is 224 Å². The Hall–Kier alpha value is -8.52. The van der Waals surface area contributed by atoms with Gasteiger partial charge in [-0.2, -0.15) is 0 Å². The van der Waals surface area contributed by atoms with Gasteiger partial charge in [0.25, 0.3) is 0 Å². The first kappa shape index (κ1) is 38.0. The molecule has 2 aliphatic carbocycles. The molecule has 13 rings (SSSR count). The van der Waals surface area contributed by atoms with Crippen LogP contribution in [0.25, 0.3) is 77.5 Å². The fraction of sp³-hybridized carbons (Fsp3) is 0.0154. The van der Waals surface area contributed by atoms with Gasteiger partial charge in [0.15, 0.2) is 0 Å². The monoisotopic (exact) mass is 837 g/mol. The van der Waals surface area contributed by atoms with E-state index in [0.717, 1.165) is 17.1 Å². The Morgan fingerprint density at radius 1 is 0.242 bits per heavy atom. The van der Waals surface area contributed by atoms with Gasteiger partial charge in [-0.05, 0) is 131 Å². The van der Waals surface area contributed by atoms with Gasteiger partial charge in [-0.3, -0.25) is 0 Å². The van der Waals surface area contributed by atoms with Gasteiger partial charge in [0.05, 0.1) is 11.1 Å². The highest BCUT2D eigenvalue weighted by Gasteiger charge is 2.51. The van der Waals surface area contributed by atoms with E-state index in [2.05, 4.69) is 266 Å². The Balaban J connectivity index is 1.09. The normalized spacial score (nSPS) is 12.7. The number of hydrogen-bond donors (Lipinski definition) is 0. The molecule has 0 unspecified atom stereocenters. The van der Waals surface area contributed by atoms with Crippen LogP contribution in [0.3, 0.4) is 0 Å². The summed E-state index contributed by atoms with van der Waals surface area (Å²) in [5.41, 5.74) is 22.8. The van der Waals surface area contributed by atoms with Crippen molar-refractivity contribution in [3.63, 3.8) is 0 Å². The molecule has 0 amide bonds. The molecule has 0 N–H and O–H groups in total. The molecular weight excluding hydrogens is 795 g/mol. The van der Waals surface area contributed by atoms with Crippen molar-refractivity contribution < 1.29 is 0 Å². The molecule has 0 saturated heterocycles. The van der Waals surface area contributed by atoms with Crippen molar-refractivity contribution in [1.29, 1.82) is 0 Å². The lowest BCUT2D eigenvalue weighted by Crippen LogP contribution is -2.26. The molecular formula is C65H43N. The fourth-order valence-corrected chi connectivity index (χ4v) is 11.3.